The maximum Gasteiger partial charge on any atom is 0.0659 e. The van der Waals surface area contributed by atoms with E-state index in [1.54, 1.807) is 0 Å². The number of rotatable bonds is 3. The maximum absolute atomic E-state index is 5.54. The van der Waals surface area contributed by atoms with Crippen molar-refractivity contribution in [3.63, 3.8) is 0 Å². The molecular formula is C11H12IN3. The van der Waals surface area contributed by atoms with E-state index in [-0.39, 0.29) is 0 Å². The molecule has 0 aliphatic rings. The minimum Gasteiger partial charge on any atom is -0.326 e. The number of halogens is 1. The number of nitrogens with two attached hydrogens (primary N) is 1. The van der Waals surface area contributed by atoms with Crippen LogP contribution in [0.3, 0.4) is 0 Å². The van der Waals surface area contributed by atoms with Gasteiger partial charge in [-0.05, 0) is 33.7 Å². The van der Waals surface area contributed by atoms with E-state index in [2.05, 4.69) is 52.0 Å². The molecule has 0 amide bonds. The van der Waals surface area contributed by atoms with E-state index in [1.807, 2.05) is 17.1 Å². The molecular weight excluding hydrogens is 301 g/mol. The van der Waals surface area contributed by atoms with Gasteiger partial charge in [0.15, 0.2) is 0 Å². The van der Waals surface area contributed by atoms with Crippen molar-refractivity contribution >= 4 is 22.6 Å². The van der Waals surface area contributed by atoms with Crippen molar-refractivity contribution in [2.75, 3.05) is 0 Å². The molecule has 78 valence electrons. The van der Waals surface area contributed by atoms with Gasteiger partial charge in [0.25, 0.3) is 0 Å². The van der Waals surface area contributed by atoms with Gasteiger partial charge in [-0.2, -0.15) is 5.10 Å². The lowest BCUT2D eigenvalue weighted by Gasteiger charge is -2.02. The zero-order chi connectivity index (χ0) is 10.7. The molecule has 1 aromatic carbocycles. The highest BCUT2D eigenvalue weighted by Crippen LogP contribution is 2.07. The Balaban J connectivity index is 2.11. The molecule has 1 aromatic heterocycles. The second-order valence-corrected chi connectivity index (χ2v) is 4.62. The molecule has 0 saturated heterocycles. The lowest BCUT2D eigenvalue weighted by atomic mass is 10.1. The number of nitrogens with zero attached hydrogens (tertiary/aromatic N) is 2. The Morgan fingerprint density at radius 3 is 2.40 bits per heavy atom. The van der Waals surface area contributed by atoms with Gasteiger partial charge in [0.05, 0.1) is 16.3 Å². The fourth-order valence-electron chi connectivity index (χ4n) is 1.39. The number of aromatic nitrogens is 2. The second-order valence-electron chi connectivity index (χ2n) is 3.38. The van der Waals surface area contributed by atoms with E-state index >= 15 is 0 Å². The van der Waals surface area contributed by atoms with E-state index in [0.717, 1.165) is 15.7 Å². The fourth-order valence-corrected chi connectivity index (χ4v) is 1.84. The van der Waals surface area contributed by atoms with Gasteiger partial charge in [0, 0.05) is 12.7 Å². The van der Waals surface area contributed by atoms with Gasteiger partial charge in [-0.3, -0.25) is 4.68 Å². The lowest BCUT2D eigenvalue weighted by molar-refractivity contribution is 0.686. The Labute approximate surface area is 102 Å². The monoisotopic (exact) mass is 313 g/mol. The molecule has 0 fully saturated rings. The average Bonchev–Trinajstić information content (AvgIpc) is 2.65. The molecule has 15 heavy (non-hydrogen) atoms. The zero-order valence-electron chi connectivity index (χ0n) is 8.23. The first-order valence-electron chi connectivity index (χ1n) is 4.74. The predicted octanol–water partition coefficient (Wildman–Crippen LogP) is 1.99. The lowest BCUT2D eigenvalue weighted by Crippen LogP contribution is -2.01. The van der Waals surface area contributed by atoms with Crippen LogP contribution >= 0.6 is 22.6 Å². The van der Waals surface area contributed by atoms with E-state index in [4.69, 9.17) is 5.73 Å². The summed E-state index contributed by atoms with van der Waals surface area (Å²) >= 11 is 2.25. The standard InChI is InChI=1S/C11H12IN3/c12-11-6-14-15(8-11)7-10-3-1-9(5-13)2-4-10/h1-4,6,8H,5,7,13H2. The van der Waals surface area contributed by atoms with Gasteiger partial charge < -0.3 is 5.73 Å². The van der Waals surface area contributed by atoms with Crippen molar-refractivity contribution in [2.45, 2.75) is 13.1 Å². The molecule has 0 atom stereocenters. The summed E-state index contributed by atoms with van der Waals surface area (Å²) in [6.45, 7) is 1.41. The summed E-state index contributed by atoms with van der Waals surface area (Å²) in [4.78, 5) is 0. The van der Waals surface area contributed by atoms with Crippen LogP contribution < -0.4 is 5.73 Å². The molecule has 4 heteroatoms. The summed E-state index contributed by atoms with van der Waals surface area (Å²) in [5, 5.41) is 4.24. The van der Waals surface area contributed by atoms with Gasteiger partial charge in [-0.15, -0.1) is 0 Å². The Kier molecular flexibility index (Phi) is 3.37. The van der Waals surface area contributed by atoms with E-state index < -0.39 is 0 Å². The molecule has 0 aliphatic heterocycles. The van der Waals surface area contributed by atoms with Crippen LogP contribution in [-0.2, 0) is 13.1 Å². The molecule has 1 heterocycles. The molecule has 0 spiro atoms. The largest absolute Gasteiger partial charge is 0.326 e. The van der Waals surface area contributed by atoms with Gasteiger partial charge in [0.1, 0.15) is 0 Å². The van der Waals surface area contributed by atoms with Crippen LogP contribution in [0.2, 0.25) is 0 Å². The molecule has 2 N–H and O–H groups in total. The maximum atomic E-state index is 5.54. The third kappa shape index (κ3) is 2.79. The minimum atomic E-state index is 0.597. The first-order chi connectivity index (χ1) is 7.28. The zero-order valence-corrected chi connectivity index (χ0v) is 10.4. The van der Waals surface area contributed by atoms with E-state index in [1.165, 1.54) is 5.56 Å². The SMILES string of the molecule is NCc1ccc(Cn2cc(I)cn2)cc1. The van der Waals surface area contributed by atoms with Crippen LogP contribution in [-0.4, -0.2) is 9.78 Å². The molecule has 3 nitrogen and oxygen atoms in total. The average molecular weight is 313 g/mol. The topological polar surface area (TPSA) is 43.8 Å². The first kappa shape index (κ1) is 10.6. The highest BCUT2D eigenvalue weighted by molar-refractivity contribution is 14.1. The van der Waals surface area contributed by atoms with Crippen molar-refractivity contribution in [2.24, 2.45) is 5.73 Å². The normalized spacial score (nSPS) is 10.5. The molecule has 0 unspecified atom stereocenters. The molecule has 2 rings (SSSR count). The summed E-state index contributed by atoms with van der Waals surface area (Å²) in [6.07, 6.45) is 3.88. The second kappa shape index (κ2) is 4.76. The number of hydrogen-bond donors (Lipinski definition) is 1. The molecule has 0 aliphatic carbocycles. The molecule has 0 saturated carbocycles. The Morgan fingerprint density at radius 2 is 1.87 bits per heavy atom. The van der Waals surface area contributed by atoms with Crippen molar-refractivity contribution in [1.82, 2.24) is 9.78 Å². The van der Waals surface area contributed by atoms with Crippen molar-refractivity contribution in [1.29, 1.82) is 0 Å². The summed E-state index contributed by atoms with van der Waals surface area (Å²) < 4.78 is 3.09. The quantitative estimate of drug-likeness (QED) is 0.881. The smallest absolute Gasteiger partial charge is 0.0659 e. The Bertz CT molecular complexity index is 433. The van der Waals surface area contributed by atoms with Crippen LogP contribution in [0.25, 0.3) is 0 Å². The van der Waals surface area contributed by atoms with Crippen LogP contribution in [0.15, 0.2) is 36.7 Å². The van der Waals surface area contributed by atoms with Crippen LogP contribution in [0.5, 0.6) is 0 Å². The minimum absolute atomic E-state index is 0.597. The Morgan fingerprint density at radius 1 is 1.20 bits per heavy atom. The highest BCUT2D eigenvalue weighted by atomic mass is 127. The van der Waals surface area contributed by atoms with E-state index in [9.17, 15) is 0 Å². The highest BCUT2D eigenvalue weighted by Gasteiger charge is 1.97. The fraction of sp³-hybridized carbons (Fsp3) is 0.182. The van der Waals surface area contributed by atoms with Crippen LogP contribution in [0.4, 0.5) is 0 Å². The summed E-state index contributed by atoms with van der Waals surface area (Å²) in [5.74, 6) is 0. The molecule has 0 radical (unpaired) electrons. The van der Waals surface area contributed by atoms with Crippen LogP contribution in [0.1, 0.15) is 11.1 Å². The van der Waals surface area contributed by atoms with Gasteiger partial charge in [0.2, 0.25) is 0 Å². The molecule has 0 bridgehead atoms. The van der Waals surface area contributed by atoms with E-state index in [0.29, 0.717) is 6.54 Å². The summed E-state index contributed by atoms with van der Waals surface area (Å²) in [5.41, 5.74) is 7.94. The summed E-state index contributed by atoms with van der Waals surface area (Å²) in [7, 11) is 0. The summed E-state index contributed by atoms with van der Waals surface area (Å²) in [6, 6.07) is 8.31. The van der Waals surface area contributed by atoms with Gasteiger partial charge >= 0.3 is 0 Å². The van der Waals surface area contributed by atoms with Crippen molar-refractivity contribution in [3.05, 3.63) is 51.4 Å². The third-order valence-electron chi connectivity index (χ3n) is 2.20. The van der Waals surface area contributed by atoms with Gasteiger partial charge in [-0.25, -0.2) is 0 Å². The van der Waals surface area contributed by atoms with Crippen molar-refractivity contribution in [3.8, 4) is 0 Å². The van der Waals surface area contributed by atoms with Crippen molar-refractivity contribution < 1.29 is 0 Å². The predicted molar refractivity (Wildman–Crippen MR) is 68.4 cm³/mol. The first-order valence-corrected chi connectivity index (χ1v) is 5.81. The third-order valence-corrected chi connectivity index (χ3v) is 2.76. The molecule has 2 aromatic rings. The Hall–Kier alpha value is -0.880. The van der Waals surface area contributed by atoms with Crippen LogP contribution in [0, 0.1) is 3.57 Å². The van der Waals surface area contributed by atoms with Gasteiger partial charge in [-0.1, -0.05) is 24.3 Å². The number of hydrogen-bond acceptors (Lipinski definition) is 2. The number of benzene rings is 1.